The number of nitrogens with zero attached hydrogens (tertiary/aromatic N) is 1. The molecule has 0 heterocycles. The number of nitrogens with one attached hydrogen (secondary N) is 1. The maximum Gasteiger partial charge on any atom is 0.412 e. The maximum atomic E-state index is 11.4. The number of rotatable bonds is 2. The van der Waals surface area contributed by atoms with Crippen LogP contribution in [-0.4, -0.2) is 16.6 Å². The number of ether oxygens (including phenoxy) is 1. The molecule has 0 aliphatic rings. The van der Waals surface area contributed by atoms with Gasteiger partial charge in [0.15, 0.2) is 0 Å². The predicted molar refractivity (Wildman–Crippen MR) is 61.8 cm³/mol. The molecule has 0 atom stereocenters. The lowest BCUT2D eigenvalue weighted by molar-refractivity contribution is -0.385. The number of nitro groups is 1. The molecule has 0 aromatic heterocycles. The molecule has 6 heteroatoms. The van der Waals surface area contributed by atoms with Crippen LogP contribution in [0.25, 0.3) is 0 Å². The van der Waals surface area contributed by atoms with Crippen LogP contribution in [0.1, 0.15) is 20.8 Å². The summed E-state index contributed by atoms with van der Waals surface area (Å²) < 4.78 is 5.02. The first-order valence-electron chi connectivity index (χ1n) is 4.94. The van der Waals surface area contributed by atoms with Crippen molar-refractivity contribution in [3.63, 3.8) is 0 Å². The Morgan fingerprint density at radius 3 is 2.53 bits per heavy atom. The average Bonchev–Trinajstić information content (AvgIpc) is 2.15. The number of amides is 1. The van der Waals surface area contributed by atoms with Crippen molar-refractivity contribution in [3.8, 4) is 0 Å². The molecule has 0 aliphatic carbocycles. The fourth-order valence-electron chi connectivity index (χ4n) is 1.03. The van der Waals surface area contributed by atoms with Crippen LogP contribution in [0.3, 0.4) is 0 Å². The summed E-state index contributed by atoms with van der Waals surface area (Å²) in [6.45, 7) is 5.23. The number of hydrogen-bond acceptors (Lipinski definition) is 4. The van der Waals surface area contributed by atoms with Gasteiger partial charge in [-0.3, -0.25) is 15.4 Å². The number of carbonyl (C=O) groups is 1. The molecule has 1 amide bonds. The lowest BCUT2D eigenvalue weighted by atomic mass is 10.2. The molecule has 0 fully saturated rings. The highest BCUT2D eigenvalue weighted by Crippen LogP contribution is 2.15. The summed E-state index contributed by atoms with van der Waals surface area (Å²) in [6.07, 6.45) is -0.611. The zero-order valence-electron chi connectivity index (χ0n) is 9.81. The van der Waals surface area contributed by atoms with Crippen LogP contribution < -0.4 is 5.32 Å². The van der Waals surface area contributed by atoms with Crippen LogP contribution in [0.4, 0.5) is 16.2 Å². The lowest BCUT2D eigenvalue weighted by Crippen LogP contribution is -2.27. The van der Waals surface area contributed by atoms with Crippen LogP contribution in [0.15, 0.2) is 18.2 Å². The first-order valence-corrected chi connectivity index (χ1v) is 4.94. The average molecular weight is 237 g/mol. The summed E-state index contributed by atoms with van der Waals surface area (Å²) in [4.78, 5) is 21.2. The van der Waals surface area contributed by atoms with E-state index in [-0.39, 0.29) is 5.69 Å². The molecule has 0 aliphatic heterocycles. The molecule has 0 bridgehead atoms. The van der Waals surface area contributed by atoms with Crippen molar-refractivity contribution < 1.29 is 14.5 Å². The fourth-order valence-corrected chi connectivity index (χ4v) is 1.03. The SMILES string of the molecule is CC(C)(C)OC(=O)Nc1c[c]c([N+](=O)[O-])cc1. The third-order valence-corrected chi connectivity index (χ3v) is 1.64. The van der Waals surface area contributed by atoms with Gasteiger partial charge in [0.2, 0.25) is 0 Å². The van der Waals surface area contributed by atoms with Crippen LogP contribution >= 0.6 is 0 Å². The summed E-state index contributed by atoms with van der Waals surface area (Å²) in [5.74, 6) is 0. The number of anilines is 1. The lowest BCUT2D eigenvalue weighted by Gasteiger charge is -2.19. The molecule has 0 spiro atoms. The quantitative estimate of drug-likeness (QED) is 0.633. The largest absolute Gasteiger partial charge is 0.444 e. The second kappa shape index (κ2) is 4.82. The van der Waals surface area contributed by atoms with Gasteiger partial charge in [-0.05, 0) is 32.9 Å². The highest BCUT2D eigenvalue weighted by molar-refractivity contribution is 5.84. The Bertz CT molecular complexity index is 420. The number of carbonyl (C=O) groups excluding carboxylic acids is 1. The molecule has 1 aromatic rings. The van der Waals surface area contributed by atoms with Gasteiger partial charge in [0, 0.05) is 11.8 Å². The van der Waals surface area contributed by atoms with Gasteiger partial charge >= 0.3 is 6.09 Å². The molecule has 0 saturated carbocycles. The van der Waals surface area contributed by atoms with Gasteiger partial charge in [-0.15, -0.1) is 0 Å². The molecule has 1 rings (SSSR count). The minimum atomic E-state index is -0.611. The van der Waals surface area contributed by atoms with Crippen LogP contribution in [0.5, 0.6) is 0 Å². The van der Waals surface area contributed by atoms with Crippen molar-refractivity contribution in [2.75, 3.05) is 5.32 Å². The van der Waals surface area contributed by atoms with E-state index < -0.39 is 16.6 Å². The van der Waals surface area contributed by atoms with Crippen molar-refractivity contribution in [1.82, 2.24) is 0 Å². The van der Waals surface area contributed by atoms with E-state index in [4.69, 9.17) is 4.74 Å². The predicted octanol–water partition coefficient (Wildman–Crippen LogP) is 2.74. The highest BCUT2D eigenvalue weighted by Gasteiger charge is 2.16. The highest BCUT2D eigenvalue weighted by atomic mass is 16.6. The van der Waals surface area contributed by atoms with E-state index in [0.29, 0.717) is 5.69 Å². The first kappa shape index (κ1) is 13.0. The number of non-ortho nitro benzene ring substituents is 1. The maximum absolute atomic E-state index is 11.4. The number of benzene rings is 1. The molecule has 1 aromatic carbocycles. The van der Waals surface area contributed by atoms with Gasteiger partial charge < -0.3 is 4.74 Å². The Hall–Kier alpha value is -2.11. The number of nitro benzene ring substituents is 1. The summed E-state index contributed by atoms with van der Waals surface area (Å²) in [6, 6.07) is 6.43. The van der Waals surface area contributed by atoms with Crippen molar-refractivity contribution >= 4 is 17.5 Å². The van der Waals surface area contributed by atoms with E-state index in [9.17, 15) is 14.9 Å². The summed E-state index contributed by atoms with van der Waals surface area (Å²) in [5, 5.41) is 12.8. The summed E-state index contributed by atoms with van der Waals surface area (Å²) in [5.41, 5.74) is -0.348. The summed E-state index contributed by atoms with van der Waals surface area (Å²) >= 11 is 0. The molecule has 1 N–H and O–H groups in total. The van der Waals surface area contributed by atoms with E-state index >= 15 is 0 Å². The van der Waals surface area contributed by atoms with Gasteiger partial charge in [-0.2, -0.15) is 0 Å². The van der Waals surface area contributed by atoms with Crippen molar-refractivity contribution in [1.29, 1.82) is 0 Å². The molecule has 0 saturated heterocycles. The molecule has 1 radical (unpaired) electrons. The molecule has 0 unspecified atom stereocenters. The Morgan fingerprint density at radius 2 is 2.12 bits per heavy atom. The third-order valence-electron chi connectivity index (χ3n) is 1.64. The van der Waals surface area contributed by atoms with E-state index in [1.165, 1.54) is 18.2 Å². The van der Waals surface area contributed by atoms with Gasteiger partial charge in [0.05, 0.1) is 11.0 Å². The zero-order chi connectivity index (χ0) is 13.1. The second-order valence-electron chi connectivity index (χ2n) is 4.35. The fraction of sp³-hybridized carbons (Fsp3) is 0.364. The van der Waals surface area contributed by atoms with E-state index in [1.807, 2.05) is 0 Å². The minimum Gasteiger partial charge on any atom is -0.444 e. The van der Waals surface area contributed by atoms with E-state index in [0.717, 1.165) is 0 Å². The van der Waals surface area contributed by atoms with Gasteiger partial charge in [0.1, 0.15) is 5.60 Å². The van der Waals surface area contributed by atoms with E-state index in [1.54, 1.807) is 20.8 Å². The zero-order valence-corrected chi connectivity index (χ0v) is 9.81. The van der Waals surface area contributed by atoms with Crippen LogP contribution in [0.2, 0.25) is 0 Å². The van der Waals surface area contributed by atoms with Gasteiger partial charge in [-0.25, -0.2) is 4.79 Å². The van der Waals surface area contributed by atoms with Crippen molar-refractivity contribution in [3.05, 3.63) is 34.4 Å². The van der Waals surface area contributed by atoms with Crippen LogP contribution in [0, 0.1) is 16.2 Å². The second-order valence-corrected chi connectivity index (χ2v) is 4.35. The third kappa shape index (κ3) is 4.50. The normalized spacial score (nSPS) is 10.8. The molecule has 91 valence electrons. The monoisotopic (exact) mass is 237 g/mol. The Kier molecular flexibility index (Phi) is 3.67. The molecule has 17 heavy (non-hydrogen) atoms. The van der Waals surface area contributed by atoms with Crippen LogP contribution in [-0.2, 0) is 4.74 Å². The van der Waals surface area contributed by atoms with Crippen molar-refractivity contribution in [2.24, 2.45) is 0 Å². The molecular formula is C11H13N2O4. The van der Waals surface area contributed by atoms with Crippen molar-refractivity contribution in [2.45, 2.75) is 26.4 Å². The standard InChI is InChI=1S/C11H13N2O4/c1-11(2,3)17-10(14)12-8-4-6-9(7-5-8)13(15)16/h4-6H,1-3H3,(H,12,14). The summed E-state index contributed by atoms with van der Waals surface area (Å²) in [7, 11) is 0. The van der Waals surface area contributed by atoms with Gasteiger partial charge in [-0.1, -0.05) is 0 Å². The Balaban J connectivity index is 2.64. The molecular weight excluding hydrogens is 224 g/mol. The topological polar surface area (TPSA) is 81.5 Å². The van der Waals surface area contributed by atoms with E-state index in [2.05, 4.69) is 11.4 Å². The molecule has 6 nitrogen and oxygen atoms in total. The number of hydrogen-bond donors (Lipinski definition) is 1. The Labute approximate surface area is 98.7 Å². The Morgan fingerprint density at radius 1 is 1.47 bits per heavy atom. The van der Waals surface area contributed by atoms with Gasteiger partial charge in [0.25, 0.3) is 5.69 Å². The minimum absolute atomic E-state index is 0.153. The smallest absolute Gasteiger partial charge is 0.412 e. The first-order chi connectivity index (χ1) is 7.78.